The summed E-state index contributed by atoms with van der Waals surface area (Å²) in [5.41, 5.74) is 2.66. The van der Waals surface area contributed by atoms with Crippen LogP contribution in [0.1, 0.15) is 38.5 Å². The molecule has 6 heteroatoms. The Bertz CT molecular complexity index is 366. The van der Waals surface area contributed by atoms with Crippen LogP contribution in [0.3, 0.4) is 0 Å². The lowest BCUT2D eigenvalue weighted by molar-refractivity contribution is 0.410. The fraction of sp³-hybridized carbons (Fsp3) is 0.692. The van der Waals surface area contributed by atoms with Crippen molar-refractivity contribution in [2.24, 2.45) is 10.8 Å². The van der Waals surface area contributed by atoms with Gasteiger partial charge in [-0.1, -0.05) is 19.3 Å². The molecule has 1 aliphatic carbocycles. The van der Waals surface area contributed by atoms with Gasteiger partial charge in [-0.3, -0.25) is 15.1 Å². The van der Waals surface area contributed by atoms with Gasteiger partial charge in [0.15, 0.2) is 0 Å². The SMILES string of the molecule is NNC(=NCCCn1cccn1)NC1CCCCC1. The van der Waals surface area contributed by atoms with E-state index in [-0.39, 0.29) is 0 Å². The molecular formula is C13H24N6. The van der Waals surface area contributed by atoms with Crippen LogP contribution in [0.25, 0.3) is 0 Å². The third kappa shape index (κ3) is 4.90. The molecule has 2 rings (SSSR count). The lowest BCUT2D eigenvalue weighted by atomic mass is 9.96. The second kappa shape index (κ2) is 7.78. The minimum absolute atomic E-state index is 0.523. The van der Waals surface area contributed by atoms with E-state index in [2.05, 4.69) is 20.8 Å². The maximum absolute atomic E-state index is 5.51. The number of aliphatic imine (C=N–C) groups is 1. The van der Waals surface area contributed by atoms with Crippen LogP contribution >= 0.6 is 0 Å². The zero-order valence-electron chi connectivity index (χ0n) is 11.4. The topological polar surface area (TPSA) is 80.3 Å². The van der Waals surface area contributed by atoms with Crippen molar-refractivity contribution in [2.75, 3.05) is 6.54 Å². The number of rotatable bonds is 5. The average Bonchev–Trinajstić information content (AvgIpc) is 2.96. The molecule has 0 spiro atoms. The third-order valence-corrected chi connectivity index (χ3v) is 3.46. The minimum Gasteiger partial charge on any atom is -0.353 e. The van der Waals surface area contributed by atoms with E-state index in [1.807, 2.05) is 16.9 Å². The van der Waals surface area contributed by atoms with Crippen LogP contribution in [0.15, 0.2) is 23.5 Å². The number of guanidine groups is 1. The molecule has 0 atom stereocenters. The molecule has 0 aliphatic heterocycles. The molecule has 0 amide bonds. The van der Waals surface area contributed by atoms with Gasteiger partial charge in [0.25, 0.3) is 0 Å². The Morgan fingerprint density at radius 3 is 2.89 bits per heavy atom. The van der Waals surface area contributed by atoms with Crippen LogP contribution in [0.2, 0.25) is 0 Å². The monoisotopic (exact) mass is 264 g/mol. The molecule has 1 aromatic heterocycles. The fourth-order valence-corrected chi connectivity index (χ4v) is 2.43. The molecule has 1 heterocycles. The van der Waals surface area contributed by atoms with Gasteiger partial charge < -0.3 is 5.32 Å². The van der Waals surface area contributed by atoms with Gasteiger partial charge in [0.2, 0.25) is 5.96 Å². The highest BCUT2D eigenvalue weighted by Gasteiger charge is 2.13. The smallest absolute Gasteiger partial charge is 0.205 e. The molecule has 0 aromatic carbocycles. The van der Waals surface area contributed by atoms with E-state index >= 15 is 0 Å². The number of hydrogen-bond donors (Lipinski definition) is 3. The quantitative estimate of drug-likeness (QED) is 0.244. The Morgan fingerprint density at radius 2 is 2.21 bits per heavy atom. The first-order valence-electron chi connectivity index (χ1n) is 7.13. The van der Waals surface area contributed by atoms with Crippen LogP contribution in [0.4, 0.5) is 0 Å². The molecule has 0 radical (unpaired) electrons. The third-order valence-electron chi connectivity index (χ3n) is 3.46. The Morgan fingerprint density at radius 1 is 1.37 bits per heavy atom. The van der Waals surface area contributed by atoms with Crippen molar-refractivity contribution in [3.8, 4) is 0 Å². The van der Waals surface area contributed by atoms with Gasteiger partial charge in [-0.25, -0.2) is 5.84 Å². The van der Waals surface area contributed by atoms with Gasteiger partial charge in [0.1, 0.15) is 0 Å². The van der Waals surface area contributed by atoms with E-state index in [1.165, 1.54) is 32.1 Å². The molecule has 6 nitrogen and oxygen atoms in total. The Hall–Kier alpha value is -1.56. The highest BCUT2D eigenvalue weighted by atomic mass is 15.3. The number of hydrazine groups is 1. The molecule has 1 fully saturated rings. The Kier molecular flexibility index (Phi) is 5.68. The summed E-state index contributed by atoms with van der Waals surface area (Å²) in [5.74, 6) is 6.22. The summed E-state index contributed by atoms with van der Waals surface area (Å²) in [6, 6.07) is 2.45. The zero-order valence-corrected chi connectivity index (χ0v) is 11.4. The summed E-state index contributed by atoms with van der Waals surface area (Å²) in [6.07, 6.45) is 11.1. The van der Waals surface area contributed by atoms with Crippen LogP contribution in [0, 0.1) is 0 Å². The standard InChI is InChI=1S/C13H24N6/c14-18-13(17-12-6-2-1-3-7-12)15-8-4-10-19-11-5-9-16-19/h5,9,11-12H,1-4,6-8,10,14H2,(H2,15,17,18). The van der Waals surface area contributed by atoms with E-state index < -0.39 is 0 Å². The number of nitrogens with one attached hydrogen (secondary N) is 2. The van der Waals surface area contributed by atoms with Gasteiger partial charge in [0.05, 0.1) is 0 Å². The number of aromatic nitrogens is 2. The number of nitrogens with zero attached hydrogens (tertiary/aromatic N) is 3. The molecule has 0 unspecified atom stereocenters. The minimum atomic E-state index is 0.523. The largest absolute Gasteiger partial charge is 0.353 e. The van der Waals surface area contributed by atoms with Crippen LogP contribution in [0.5, 0.6) is 0 Å². The number of aryl methyl sites for hydroxylation is 1. The van der Waals surface area contributed by atoms with Crippen molar-refractivity contribution >= 4 is 5.96 Å². The molecule has 106 valence electrons. The van der Waals surface area contributed by atoms with Crippen molar-refractivity contribution in [1.29, 1.82) is 0 Å². The first-order valence-corrected chi connectivity index (χ1v) is 7.13. The summed E-state index contributed by atoms with van der Waals surface area (Å²) in [6.45, 7) is 1.64. The lowest BCUT2D eigenvalue weighted by Gasteiger charge is -2.24. The molecule has 1 aliphatic rings. The van der Waals surface area contributed by atoms with Gasteiger partial charge in [-0.15, -0.1) is 0 Å². The predicted molar refractivity (Wildman–Crippen MR) is 76.5 cm³/mol. The first kappa shape index (κ1) is 13.9. The van der Waals surface area contributed by atoms with Crippen molar-refractivity contribution < 1.29 is 0 Å². The number of hydrogen-bond acceptors (Lipinski definition) is 3. The second-order valence-corrected chi connectivity index (χ2v) is 4.98. The summed E-state index contributed by atoms with van der Waals surface area (Å²) >= 11 is 0. The first-order chi connectivity index (χ1) is 9.38. The Balaban J connectivity index is 1.68. The van der Waals surface area contributed by atoms with E-state index in [9.17, 15) is 0 Å². The molecule has 0 saturated heterocycles. The molecule has 0 bridgehead atoms. The highest BCUT2D eigenvalue weighted by molar-refractivity contribution is 5.79. The zero-order chi connectivity index (χ0) is 13.3. The Labute approximate surface area is 114 Å². The van der Waals surface area contributed by atoms with Crippen molar-refractivity contribution in [1.82, 2.24) is 20.5 Å². The van der Waals surface area contributed by atoms with Gasteiger partial charge >= 0.3 is 0 Å². The summed E-state index contributed by atoms with van der Waals surface area (Å²) in [7, 11) is 0. The van der Waals surface area contributed by atoms with Crippen LogP contribution in [-0.4, -0.2) is 28.3 Å². The highest BCUT2D eigenvalue weighted by Crippen LogP contribution is 2.17. The number of nitrogens with two attached hydrogens (primary N) is 1. The fourth-order valence-electron chi connectivity index (χ4n) is 2.43. The van der Waals surface area contributed by atoms with Gasteiger partial charge in [-0.2, -0.15) is 5.10 Å². The van der Waals surface area contributed by atoms with E-state index in [0.717, 1.165) is 19.5 Å². The maximum atomic E-state index is 5.51. The van der Waals surface area contributed by atoms with Gasteiger partial charge in [-0.05, 0) is 25.3 Å². The summed E-state index contributed by atoms with van der Waals surface area (Å²) in [5, 5.41) is 7.55. The predicted octanol–water partition coefficient (Wildman–Crippen LogP) is 1.01. The van der Waals surface area contributed by atoms with Crippen molar-refractivity contribution in [2.45, 2.75) is 51.1 Å². The second-order valence-electron chi connectivity index (χ2n) is 4.98. The van der Waals surface area contributed by atoms with Gasteiger partial charge in [0, 0.05) is 31.5 Å². The molecule has 1 aromatic rings. The molecule has 1 saturated carbocycles. The van der Waals surface area contributed by atoms with E-state index in [4.69, 9.17) is 5.84 Å². The van der Waals surface area contributed by atoms with E-state index in [1.54, 1.807) is 6.20 Å². The van der Waals surface area contributed by atoms with Crippen molar-refractivity contribution in [3.63, 3.8) is 0 Å². The average molecular weight is 264 g/mol. The van der Waals surface area contributed by atoms with E-state index in [0.29, 0.717) is 12.0 Å². The maximum Gasteiger partial charge on any atom is 0.205 e. The summed E-state index contributed by atoms with van der Waals surface area (Å²) in [4.78, 5) is 4.46. The lowest BCUT2D eigenvalue weighted by Crippen LogP contribution is -2.47. The van der Waals surface area contributed by atoms with Crippen LogP contribution in [-0.2, 0) is 6.54 Å². The molecule has 19 heavy (non-hydrogen) atoms. The van der Waals surface area contributed by atoms with Crippen LogP contribution < -0.4 is 16.6 Å². The molecular weight excluding hydrogens is 240 g/mol. The molecule has 4 N–H and O–H groups in total. The normalized spacial score (nSPS) is 17.4. The summed E-state index contributed by atoms with van der Waals surface area (Å²) < 4.78 is 1.92. The van der Waals surface area contributed by atoms with Crippen molar-refractivity contribution in [3.05, 3.63) is 18.5 Å².